The number of hydrogen-bond acceptors (Lipinski definition) is 5. The second-order valence-corrected chi connectivity index (χ2v) is 9.22. The van der Waals surface area contributed by atoms with E-state index in [1.807, 2.05) is 13.0 Å². The van der Waals surface area contributed by atoms with Crippen molar-refractivity contribution in [1.29, 1.82) is 0 Å². The Morgan fingerprint density at radius 2 is 1.88 bits per heavy atom. The van der Waals surface area contributed by atoms with Gasteiger partial charge in [0.15, 0.2) is 0 Å². The molecule has 32 heavy (non-hydrogen) atoms. The number of aliphatic hydroxyl groups is 1. The predicted molar refractivity (Wildman–Crippen MR) is 120 cm³/mol. The molecule has 7 heteroatoms. The van der Waals surface area contributed by atoms with E-state index in [-0.39, 0.29) is 34.3 Å². The van der Waals surface area contributed by atoms with Crippen molar-refractivity contribution in [3.63, 3.8) is 0 Å². The average molecular weight is 454 g/mol. The fourth-order valence-corrected chi connectivity index (χ4v) is 5.34. The summed E-state index contributed by atoms with van der Waals surface area (Å²) in [5.41, 5.74) is 2.06. The largest absolute Gasteiger partial charge is 0.507 e. The number of aliphatic hydroxyl groups excluding tert-OH is 1. The summed E-state index contributed by atoms with van der Waals surface area (Å²) in [6, 6.07) is 9.11. The van der Waals surface area contributed by atoms with Crippen molar-refractivity contribution in [2.45, 2.75) is 57.2 Å². The minimum absolute atomic E-state index is 0.0504. The maximum absolute atomic E-state index is 13.2. The molecule has 2 fully saturated rings. The molecule has 0 aromatic heterocycles. The minimum atomic E-state index is -0.764. The second kappa shape index (κ2) is 7.85. The number of carbonyl (C=O) groups is 2. The highest BCUT2D eigenvalue weighted by Crippen LogP contribution is 2.45. The van der Waals surface area contributed by atoms with Crippen LogP contribution in [0.15, 0.2) is 42.0 Å². The van der Waals surface area contributed by atoms with Crippen molar-refractivity contribution in [2.75, 3.05) is 0 Å². The SMILES string of the molecule is CC1Cc2cc(/C(O)=C3/C(=O)C(=O)N(C4CCCC4)C3c3ccc(O)c(Cl)c3)ccc2O1. The van der Waals surface area contributed by atoms with E-state index in [0.29, 0.717) is 17.5 Å². The Balaban J connectivity index is 1.66. The Bertz CT molecular complexity index is 1150. The number of rotatable bonds is 3. The number of fused-ring (bicyclic) bond motifs is 1. The van der Waals surface area contributed by atoms with Gasteiger partial charge in [-0.25, -0.2) is 0 Å². The molecule has 1 amide bonds. The van der Waals surface area contributed by atoms with Crippen LogP contribution in [0.4, 0.5) is 0 Å². The number of nitrogens with zero attached hydrogens (tertiary/aromatic N) is 1. The summed E-state index contributed by atoms with van der Waals surface area (Å²) in [5.74, 6) is -0.830. The topological polar surface area (TPSA) is 87.1 Å². The number of halogens is 1. The van der Waals surface area contributed by atoms with E-state index in [4.69, 9.17) is 16.3 Å². The molecule has 1 saturated heterocycles. The molecule has 2 N–H and O–H groups in total. The number of hydrogen-bond donors (Lipinski definition) is 2. The van der Waals surface area contributed by atoms with E-state index in [0.717, 1.165) is 37.0 Å². The normalized spacial score (nSPS) is 24.8. The lowest BCUT2D eigenvalue weighted by molar-refractivity contribution is -0.141. The van der Waals surface area contributed by atoms with Gasteiger partial charge in [0, 0.05) is 18.0 Å². The first-order valence-electron chi connectivity index (χ1n) is 10.9. The van der Waals surface area contributed by atoms with E-state index in [2.05, 4.69) is 0 Å². The van der Waals surface area contributed by atoms with Crippen molar-refractivity contribution in [3.05, 3.63) is 63.7 Å². The van der Waals surface area contributed by atoms with Gasteiger partial charge >= 0.3 is 0 Å². The van der Waals surface area contributed by atoms with Gasteiger partial charge in [-0.15, -0.1) is 0 Å². The van der Waals surface area contributed by atoms with Crippen molar-refractivity contribution in [2.24, 2.45) is 0 Å². The van der Waals surface area contributed by atoms with E-state index >= 15 is 0 Å². The molecule has 0 radical (unpaired) electrons. The number of benzene rings is 2. The molecular weight excluding hydrogens is 430 g/mol. The average Bonchev–Trinajstić information content (AvgIpc) is 3.47. The number of amides is 1. The Hall–Kier alpha value is -2.99. The summed E-state index contributed by atoms with van der Waals surface area (Å²) in [6.45, 7) is 1.97. The molecule has 2 heterocycles. The van der Waals surface area contributed by atoms with Gasteiger partial charge in [-0.3, -0.25) is 9.59 Å². The van der Waals surface area contributed by atoms with E-state index < -0.39 is 17.7 Å². The first-order chi connectivity index (χ1) is 15.3. The molecule has 0 bridgehead atoms. The molecule has 2 aromatic rings. The first-order valence-corrected chi connectivity index (χ1v) is 11.3. The molecule has 2 atom stereocenters. The third-order valence-corrected chi connectivity index (χ3v) is 6.96. The lowest BCUT2D eigenvalue weighted by Crippen LogP contribution is -2.37. The third kappa shape index (κ3) is 3.34. The lowest BCUT2D eigenvalue weighted by Gasteiger charge is -2.31. The number of aromatic hydroxyl groups is 1. The molecule has 5 rings (SSSR count). The molecule has 166 valence electrons. The molecule has 2 aliphatic heterocycles. The third-order valence-electron chi connectivity index (χ3n) is 6.66. The van der Waals surface area contributed by atoms with Crippen LogP contribution < -0.4 is 4.74 Å². The Labute approximate surface area is 191 Å². The van der Waals surface area contributed by atoms with E-state index in [1.165, 1.54) is 6.07 Å². The molecular formula is C25H24ClNO5. The number of carbonyl (C=O) groups excluding carboxylic acids is 2. The van der Waals surface area contributed by atoms with Gasteiger partial charge in [0.2, 0.25) is 0 Å². The quantitative estimate of drug-likeness (QED) is 0.398. The predicted octanol–water partition coefficient (Wildman–Crippen LogP) is 4.73. The monoisotopic (exact) mass is 453 g/mol. The number of ether oxygens (including phenoxy) is 1. The van der Waals surface area contributed by atoms with Gasteiger partial charge < -0.3 is 19.8 Å². The van der Waals surface area contributed by atoms with Crippen LogP contribution in [0.25, 0.3) is 5.76 Å². The Kier molecular flexibility index (Phi) is 5.13. The van der Waals surface area contributed by atoms with Crippen molar-refractivity contribution in [3.8, 4) is 11.5 Å². The van der Waals surface area contributed by atoms with Crippen molar-refractivity contribution in [1.82, 2.24) is 4.90 Å². The maximum atomic E-state index is 13.2. The highest BCUT2D eigenvalue weighted by molar-refractivity contribution is 6.46. The van der Waals surface area contributed by atoms with Gasteiger partial charge in [0.25, 0.3) is 11.7 Å². The summed E-state index contributed by atoms with van der Waals surface area (Å²) < 4.78 is 5.74. The molecule has 2 unspecified atom stereocenters. The summed E-state index contributed by atoms with van der Waals surface area (Å²) in [5, 5.41) is 21.3. The van der Waals surface area contributed by atoms with E-state index in [9.17, 15) is 19.8 Å². The Morgan fingerprint density at radius 3 is 2.59 bits per heavy atom. The number of likely N-dealkylation sites (tertiary alicyclic amines) is 1. The smallest absolute Gasteiger partial charge is 0.295 e. The number of Topliss-reactive ketones (excluding diaryl/α,β-unsaturated/α-hetero) is 1. The molecule has 6 nitrogen and oxygen atoms in total. The van der Waals surface area contributed by atoms with Crippen LogP contribution in [0, 0.1) is 0 Å². The van der Waals surface area contributed by atoms with Gasteiger partial charge in [0.05, 0.1) is 16.6 Å². The maximum Gasteiger partial charge on any atom is 0.295 e. The highest BCUT2D eigenvalue weighted by Gasteiger charge is 2.49. The number of phenolic OH excluding ortho intramolecular Hbond substituents is 1. The van der Waals surface area contributed by atoms with Crippen LogP contribution in [0.5, 0.6) is 11.5 Å². The van der Waals surface area contributed by atoms with Crippen molar-refractivity contribution >= 4 is 29.1 Å². The van der Waals surface area contributed by atoms with E-state index in [1.54, 1.807) is 29.2 Å². The van der Waals surface area contributed by atoms with Crippen LogP contribution in [0.3, 0.4) is 0 Å². The molecule has 1 aliphatic carbocycles. The van der Waals surface area contributed by atoms with Gasteiger partial charge in [0.1, 0.15) is 23.4 Å². The number of ketones is 1. The lowest BCUT2D eigenvalue weighted by atomic mass is 9.94. The molecule has 3 aliphatic rings. The molecule has 2 aromatic carbocycles. The highest BCUT2D eigenvalue weighted by atomic mass is 35.5. The summed E-state index contributed by atoms with van der Waals surface area (Å²) in [7, 11) is 0. The fourth-order valence-electron chi connectivity index (χ4n) is 5.15. The van der Waals surface area contributed by atoms with Crippen LogP contribution in [0.1, 0.15) is 55.3 Å². The van der Waals surface area contributed by atoms with Gasteiger partial charge in [-0.05, 0) is 61.2 Å². The second-order valence-electron chi connectivity index (χ2n) is 8.81. The summed E-state index contributed by atoms with van der Waals surface area (Å²) in [4.78, 5) is 27.9. The summed E-state index contributed by atoms with van der Waals surface area (Å²) in [6.07, 6.45) is 4.35. The fraction of sp³-hybridized carbons (Fsp3) is 0.360. The summed E-state index contributed by atoms with van der Waals surface area (Å²) >= 11 is 6.16. The molecule has 1 saturated carbocycles. The number of phenols is 1. The van der Waals surface area contributed by atoms with Crippen LogP contribution >= 0.6 is 11.6 Å². The van der Waals surface area contributed by atoms with Crippen molar-refractivity contribution < 1.29 is 24.5 Å². The minimum Gasteiger partial charge on any atom is -0.507 e. The molecule has 0 spiro atoms. The standard InChI is InChI=1S/C25H24ClNO5/c1-13-10-16-11-15(7-9-20(16)32-13)23(29)21-22(14-6-8-19(28)18(26)12-14)27(25(31)24(21)30)17-4-2-3-5-17/h6-9,11-13,17,22,28-29H,2-5,10H2,1H3/b23-21-. The zero-order valence-corrected chi connectivity index (χ0v) is 18.4. The first kappa shape index (κ1) is 20.9. The van der Waals surface area contributed by atoms with Crippen LogP contribution in [-0.4, -0.2) is 38.9 Å². The van der Waals surface area contributed by atoms with Crippen LogP contribution in [-0.2, 0) is 16.0 Å². The van der Waals surface area contributed by atoms with Gasteiger partial charge in [-0.1, -0.05) is 30.5 Å². The zero-order valence-electron chi connectivity index (χ0n) is 17.7. The Morgan fingerprint density at radius 1 is 1.12 bits per heavy atom. The van der Waals surface area contributed by atoms with Crippen LogP contribution in [0.2, 0.25) is 5.02 Å². The van der Waals surface area contributed by atoms with Gasteiger partial charge in [-0.2, -0.15) is 0 Å². The zero-order chi connectivity index (χ0) is 22.6.